The highest BCUT2D eigenvalue weighted by Crippen LogP contribution is 2.36. The maximum Gasteiger partial charge on any atom is 0.229 e. The molecule has 2 N–H and O–H groups in total. The van der Waals surface area contributed by atoms with E-state index in [1.807, 2.05) is 0 Å². The molecular weight excluding hydrogens is 299 g/mol. The number of anilines is 2. The predicted octanol–water partition coefficient (Wildman–Crippen LogP) is 3.51. The third-order valence-corrected chi connectivity index (χ3v) is 4.37. The van der Waals surface area contributed by atoms with Crippen molar-refractivity contribution in [2.45, 2.75) is 31.7 Å². The van der Waals surface area contributed by atoms with Gasteiger partial charge in [-0.2, -0.15) is 0 Å². The Kier molecular flexibility index (Phi) is 3.01. The van der Waals surface area contributed by atoms with E-state index in [9.17, 15) is 9.18 Å². The highest BCUT2D eigenvalue weighted by atomic mass is 79.9. The second-order valence-electron chi connectivity index (χ2n) is 4.94. The zero-order chi connectivity index (χ0) is 12.7. The smallest absolute Gasteiger partial charge is 0.229 e. The molecule has 1 saturated carbocycles. The third kappa shape index (κ3) is 2.00. The van der Waals surface area contributed by atoms with Crippen LogP contribution >= 0.6 is 15.9 Å². The summed E-state index contributed by atoms with van der Waals surface area (Å²) in [5, 5.41) is 6.21. The minimum absolute atomic E-state index is 0.00649. The normalized spacial score (nSPS) is 26.4. The van der Waals surface area contributed by atoms with Crippen molar-refractivity contribution < 1.29 is 9.18 Å². The number of fused-ring (bicyclic) bond motifs is 2. The molecule has 0 spiro atoms. The quantitative estimate of drug-likeness (QED) is 0.769. The summed E-state index contributed by atoms with van der Waals surface area (Å²) in [4.78, 5) is 12.1. The Balaban J connectivity index is 2.00. The van der Waals surface area contributed by atoms with E-state index in [0.29, 0.717) is 15.8 Å². The van der Waals surface area contributed by atoms with Gasteiger partial charge in [-0.15, -0.1) is 0 Å². The first kappa shape index (κ1) is 12.0. The van der Waals surface area contributed by atoms with Crippen molar-refractivity contribution in [3.05, 3.63) is 22.4 Å². The van der Waals surface area contributed by atoms with Gasteiger partial charge in [0.25, 0.3) is 0 Å². The predicted molar refractivity (Wildman–Crippen MR) is 72.1 cm³/mol. The maximum atomic E-state index is 13.6. The molecule has 0 aromatic heterocycles. The highest BCUT2D eigenvalue weighted by molar-refractivity contribution is 9.10. The van der Waals surface area contributed by atoms with Gasteiger partial charge in [0.2, 0.25) is 5.91 Å². The summed E-state index contributed by atoms with van der Waals surface area (Å²) >= 11 is 3.14. The van der Waals surface area contributed by atoms with Crippen LogP contribution in [0.1, 0.15) is 25.7 Å². The number of benzene rings is 1. The van der Waals surface area contributed by atoms with Gasteiger partial charge in [-0.05, 0) is 34.8 Å². The molecule has 3 nitrogen and oxygen atoms in total. The van der Waals surface area contributed by atoms with E-state index < -0.39 is 0 Å². The number of amides is 1. The first-order valence-electron chi connectivity index (χ1n) is 6.21. The number of carbonyl (C=O) groups is 1. The molecule has 1 amide bonds. The molecule has 1 aromatic carbocycles. The molecule has 3 rings (SSSR count). The average molecular weight is 313 g/mol. The monoisotopic (exact) mass is 312 g/mol. The van der Waals surface area contributed by atoms with E-state index in [1.54, 1.807) is 6.07 Å². The molecule has 5 heteroatoms. The molecule has 2 aliphatic rings. The SMILES string of the molecule is O=C1Nc2cc(Br)c(F)cc2NC2CCCCC12. The van der Waals surface area contributed by atoms with Crippen LogP contribution in [0.3, 0.4) is 0 Å². The van der Waals surface area contributed by atoms with Gasteiger partial charge in [-0.1, -0.05) is 12.8 Å². The molecule has 2 unspecified atom stereocenters. The van der Waals surface area contributed by atoms with Crippen LogP contribution in [0.25, 0.3) is 0 Å². The Bertz CT molecular complexity index is 506. The number of rotatable bonds is 0. The van der Waals surface area contributed by atoms with Gasteiger partial charge >= 0.3 is 0 Å². The van der Waals surface area contributed by atoms with Crippen molar-refractivity contribution in [2.75, 3.05) is 10.6 Å². The van der Waals surface area contributed by atoms with Crippen LogP contribution in [0.4, 0.5) is 15.8 Å². The highest BCUT2D eigenvalue weighted by Gasteiger charge is 2.34. The second-order valence-corrected chi connectivity index (χ2v) is 5.80. The number of carbonyl (C=O) groups excluding carboxylic acids is 1. The Morgan fingerprint density at radius 3 is 2.83 bits per heavy atom. The van der Waals surface area contributed by atoms with Gasteiger partial charge < -0.3 is 10.6 Å². The molecule has 1 aliphatic heterocycles. The van der Waals surface area contributed by atoms with Gasteiger partial charge in [0.05, 0.1) is 21.8 Å². The number of hydrogen-bond acceptors (Lipinski definition) is 2. The lowest BCUT2D eigenvalue weighted by molar-refractivity contribution is -0.120. The van der Waals surface area contributed by atoms with Crippen LogP contribution in [-0.4, -0.2) is 11.9 Å². The van der Waals surface area contributed by atoms with Crippen LogP contribution in [0.5, 0.6) is 0 Å². The lowest BCUT2D eigenvalue weighted by Crippen LogP contribution is -2.37. The lowest BCUT2D eigenvalue weighted by Gasteiger charge is -2.29. The molecule has 1 heterocycles. The largest absolute Gasteiger partial charge is 0.380 e. The first-order chi connectivity index (χ1) is 8.65. The van der Waals surface area contributed by atoms with Crippen molar-refractivity contribution in [1.29, 1.82) is 0 Å². The summed E-state index contributed by atoms with van der Waals surface area (Å²) in [6, 6.07) is 3.18. The van der Waals surface area contributed by atoms with Crippen LogP contribution in [0.15, 0.2) is 16.6 Å². The molecule has 1 fully saturated rings. The molecule has 1 aliphatic carbocycles. The minimum atomic E-state index is -0.315. The Morgan fingerprint density at radius 2 is 2.00 bits per heavy atom. The molecule has 18 heavy (non-hydrogen) atoms. The van der Waals surface area contributed by atoms with Gasteiger partial charge in [-0.25, -0.2) is 4.39 Å². The Hall–Kier alpha value is -1.10. The molecule has 2 atom stereocenters. The topological polar surface area (TPSA) is 41.1 Å². The second kappa shape index (κ2) is 4.53. The van der Waals surface area contributed by atoms with E-state index in [0.717, 1.165) is 25.7 Å². The van der Waals surface area contributed by atoms with E-state index >= 15 is 0 Å². The van der Waals surface area contributed by atoms with Crippen LogP contribution in [0, 0.1) is 11.7 Å². The van der Waals surface area contributed by atoms with Crippen LogP contribution < -0.4 is 10.6 Å². The molecule has 96 valence electrons. The molecule has 1 aromatic rings. The Labute approximate surface area is 113 Å². The maximum absolute atomic E-state index is 13.6. The van der Waals surface area contributed by atoms with Crippen molar-refractivity contribution in [3.63, 3.8) is 0 Å². The van der Waals surface area contributed by atoms with Crippen molar-refractivity contribution >= 4 is 33.2 Å². The fourth-order valence-corrected chi connectivity index (χ4v) is 3.16. The zero-order valence-electron chi connectivity index (χ0n) is 9.80. The number of nitrogens with one attached hydrogen (secondary N) is 2. The summed E-state index contributed by atoms with van der Waals surface area (Å²) in [5.74, 6) is -0.276. The number of hydrogen-bond donors (Lipinski definition) is 2. The van der Waals surface area contributed by atoms with Crippen LogP contribution in [0.2, 0.25) is 0 Å². The average Bonchev–Trinajstić information content (AvgIpc) is 2.48. The number of halogens is 2. The van der Waals surface area contributed by atoms with Gasteiger partial charge in [0.15, 0.2) is 0 Å². The zero-order valence-corrected chi connectivity index (χ0v) is 11.4. The standard InChI is InChI=1S/C13H14BrFN2O/c14-8-5-11-12(6-9(8)15)16-10-4-2-1-3-7(10)13(18)17-11/h5-7,10,16H,1-4H2,(H,17,18). The summed E-state index contributed by atoms with van der Waals surface area (Å²) in [6.45, 7) is 0. The van der Waals surface area contributed by atoms with E-state index in [1.165, 1.54) is 6.07 Å². The lowest BCUT2D eigenvalue weighted by atomic mass is 9.84. The first-order valence-corrected chi connectivity index (χ1v) is 7.01. The molecule has 0 radical (unpaired) electrons. The van der Waals surface area contributed by atoms with Gasteiger partial charge in [0, 0.05) is 12.1 Å². The van der Waals surface area contributed by atoms with E-state index in [-0.39, 0.29) is 23.7 Å². The molecule has 0 bridgehead atoms. The molecule has 0 saturated heterocycles. The van der Waals surface area contributed by atoms with Crippen molar-refractivity contribution in [1.82, 2.24) is 0 Å². The fourth-order valence-electron chi connectivity index (χ4n) is 2.81. The summed E-state index contributed by atoms with van der Waals surface area (Å²) < 4.78 is 13.9. The summed E-state index contributed by atoms with van der Waals surface area (Å²) in [6.07, 6.45) is 4.08. The summed E-state index contributed by atoms with van der Waals surface area (Å²) in [7, 11) is 0. The molecular formula is C13H14BrFN2O. The summed E-state index contributed by atoms with van der Waals surface area (Å²) in [5.41, 5.74) is 1.33. The van der Waals surface area contributed by atoms with Gasteiger partial charge in [-0.3, -0.25) is 4.79 Å². The Morgan fingerprint density at radius 1 is 1.22 bits per heavy atom. The third-order valence-electron chi connectivity index (χ3n) is 3.76. The fraction of sp³-hybridized carbons (Fsp3) is 0.462. The van der Waals surface area contributed by atoms with Crippen molar-refractivity contribution in [3.8, 4) is 0 Å². The van der Waals surface area contributed by atoms with Crippen molar-refractivity contribution in [2.24, 2.45) is 5.92 Å². The van der Waals surface area contributed by atoms with Gasteiger partial charge in [0.1, 0.15) is 5.82 Å². The van der Waals surface area contributed by atoms with Crippen LogP contribution in [-0.2, 0) is 4.79 Å². The van der Waals surface area contributed by atoms with E-state index in [4.69, 9.17) is 0 Å². The minimum Gasteiger partial charge on any atom is -0.380 e. The van der Waals surface area contributed by atoms with E-state index in [2.05, 4.69) is 26.6 Å².